The summed E-state index contributed by atoms with van der Waals surface area (Å²) in [7, 11) is 0. The number of esters is 1. The first kappa shape index (κ1) is 11.9. The molecular formula is C9H11N3O4. The second-order valence-corrected chi connectivity index (χ2v) is 2.94. The van der Waals surface area contributed by atoms with Crippen LogP contribution in [0.25, 0.3) is 0 Å². The molecule has 1 heterocycles. The third-order valence-electron chi connectivity index (χ3n) is 1.48. The fourth-order valence-corrected chi connectivity index (χ4v) is 0.746. The Labute approximate surface area is 91.6 Å². The molecule has 7 nitrogen and oxygen atoms in total. The highest BCUT2D eigenvalue weighted by Gasteiger charge is 2.08. The molecule has 0 amide bonds. The molecule has 0 saturated heterocycles. The third-order valence-corrected chi connectivity index (χ3v) is 1.48. The first-order valence-electron chi connectivity index (χ1n) is 4.49. The Kier molecular flexibility index (Phi) is 4.19. The minimum atomic E-state index is -0.569. The van der Waals surface area contributed by atoms with Crippen molar-refractivity contribution in [1.82, 2.24) is 15.2 Å². The van der Waals surface area contributed by atoms with Crippen LogP contribution in [-0.4, -0.2) is 33.7 Å². The lowest BCUT2D eigenvalue weighted by Gasteiger charge is -2.03. The van der Waals surface area contributed by atoms with E-state index in [0.717, 1.165) is 4.85 Å². The molecule has 16 heavy (non-hydrogen) atoms. The lowest BCUT2D eigenvalue weighted by molar-refractivity contribution is -0.149. The van der Waals surface area contributed by atoms with Crippen molar-refractivity contribution in [2.24, 2.45) is 0 Å². The average Bonchev–Trinajstić information content (AvgIpc) is 2.70. The molecule has 0 aromatic carbocycles. The standard InChI is InChI=1S/C9H11N3O4/c1-7(2)9(14)15-6-3-8(13)16-12-5-4-10-11-12/h4-5H,1,3,6H2,2H3. The van der Waals surface area contributed by atoms with E-state index >= 15 is 0 Å². The number of nitrogens with zero attached hydrogens (tertiary/aromatic N) is 3. The van der Waals surface area contributed by atoms with Crippen LogP contribution < -0.4 is 4.84 Å². The summed E-state index contributed by atoms with van der Waals surface area (Å²) in [5.41, 5.74) is 0.282. The molecule has 0 N–H and O–H groups in total. The number of hydrogen-bond donors (Lipinski definition) is 0. The summed E-state index contributed by atoms with van der Waals surface area (Å²) < 4.78 is 4.71. The smallest absolute Gasteiger partial charge is 0.338 e. The molecule has 0 saturated carbocycles. The zero-order valence-corrected chi connectivity index (χ0v) is 8.75. The molecular weight excluding hydrogens is 214 g/mol. The van der Waals surface area contributed by atoms with Gasteiger partial charge in [-0.2, -0.15) is 0 Å². The van der Waals surface area contributed by atoms with Crippen LogP contribution in [0, 0.1) is 0 Å². The van der Waals surface area contributed by atoms with Gasteiger partial charge in [0.2, 0.25) is 0 Å². The molecule has 0 fully saturated rings. The highest BCUT2D eigenvalue weighted by atomic mass is 16.7. The summed E-state index contributed by atoms with van der Waals surface area (Å²) in [5.74, 6) is -1.10. The Bertz CT molecular complexity index is 385. The molecule has 0 unspecified atom stereocenters. The summed E-state index contributed by atoms with van der Waals surface area (Å²) in [5, 5.41) is 6.88. The number of carbonyl (C=O) groups excluding carboxylic acids is 2. The predicted octanol–water partition coefficient (Wildman–Crippen LogP) is -0.257. The van der Waals surface area contributed by atoms with Gasteiger partial charge in [-0.3, -0.25) is 0 Å². The van der Waals surface area contributed by atoms with Gasteiger partial charge in [-0.05, 0) is 12.1 Å². The maximum Gasteiger partial charge on any atom is 0.338 e. The third kappa shape index (κ3) is 3.91. The Morgan fingerprint density at radius 1 is 1.50 bits per heavy atom. The predicted molar refractivity (Wildman–Crippen MR) is 52.0 cm³/mol. The second kappa shape index (κ2) is 5.64. The molecule has 1 aromatic heterocycles. The molecule has 1 rings (SSSR count). The van der Waals surface area contributed by atoms with Crippen molar-refractivity contribution in [3.05, 3.63) is 24.5 Å². The zero-order valence-electron chi connectivity index (χ0n) is 8.75. The highest BCUT2D eigenvalue weighted by molar-refractivity contribution is 5.87. The van der Waals surface area contributed by atoms with Crippen LogP contribution in [0.1, 0.15) is 13.3 Å². The molecule has 0 radical (unpaired) electrons. The normalized spacial score (nSPS) is 9.56. The molecule has 0 aliphatic heterocycles. The average molecular weight is 225 g/mol. The van der Waals surface area contributed by atoms with Gasteiger partial charge in [0.05, 0.1) is 18.8 Å². The molecule has 0 aliphatic rings. The second-order valence-electron chi connectivity index (χ2n) is 2.94. The van der Waals surface area contributed by atoms with E-state index in [2.05, 4.69) is 21.7 Å². The van der Waals surface area contributed by atoms with Crippen LogP contribution in [0.2, 0.25) is 0 Å². The zero-order chi connectivity index (χ0) is 12.0. The summed E-state index contributed by atoms with van der Waals surface area (Å²) >= 11 is 0. The number of aromatic nitrogens is 3. The van der Waals surface area contributed by atoms with Crippen molar-refractivity contribution in [1.29, 1.82) is 0 Å². The van der Waals surface area contributed by atoms with Crippen LogP contribution >= 0.6 is 0 Å². The van der Waals surface area contributed by atoms with Gasteiger partial charge in [0.15, 0.2) is 0 Å². The van der Waals surface area contributed by atoms with E-state index in [4.69, 9.17) is 4.74 Å². The number of rotatable bonds is 5. The summed E-state index contributed by atoms with van der Waals surface area (Å²) in [6.45, 7) is 4.87. The van der Waals surface area contributed by atoms with Gasteiger partial charge < -0.3 is 9.57 Å². The summed E-state index contributed by atoms with van der Waals surface area (Å²) in [6, 6.07) is 0. The van der Waals surface area contributed by atoms with Crippen LogP contribution in [0.3, 0.4) is 0 Å². The van der Waals surface area contributed by atoms with Gasteiger partial charge in [0.25, 0.3) is 0 Å². The quantitative estimate of drug-likeness (QED) is 0.390. The Balaban J connectivity index is 2.21. The number of hydrogen-bond acceptors (Lipinski definition) is 6. The highest BCUT2D eigenvalue weighted by Crippen LogP contribution is 1.93. The van der Waals surface area contributed by atoms with E-state index in [1.165, 1.54) is 19.3 Å². The van der Waals surface area contributed by atoms with E-state index in [9.17, 15) is 9.59 Å². The summed E-state index contributed by atoms with van der Waals surface area (Å²) in [6.07, 6.45) is 2.69. The minimum Gasteiger partial charge on any atom is -0.462 e. The van der Waals surface area contributed by atoms with E-state index in [-0.39, 0.29) is 18.6 Å². The van der Waals surface area contributed by atoms with Gasteiger partial charge in [-0.25, -0.2) is 9.59 Å². The Morgan fingerprint density at radius 2 is 2.25 bits per heavy atom. The molecule has 0 bridgehead atoms. The molecule has 0 atom stereocenters. The number of carbonyl (C=O) groups is 2. The van der Waals surface area contributed by atoms with Gasteiger partial charge in [-0.15, -0.1) is 5.10 Å². The van der Waals surface area contributed by atoms with Crippen molar-refractivity contribution in [3.8, 4) is 0 Å². The molecule has 1 aromatic rings. The van der Waals surface area contributed by atoms with E-state index in [1.807, 2.05) is 0 Å². The van der Waals surface area contributed by atoms with Crippen molar-refractivity contribution in [3.63, 3.8) is 0 Å². The largest absolute Gasteiger partial charge is 0.462 e. The topological polar surface area (TPSA) is 83.3 Å². The number of ether oxygens (including phenoxy) is 1. The minimum absolute atomic E-state index is 0.0563. The van der Waals surface area contributed by atoms with E-state index in [1.54, 1.807) is 0 Å². The SMILES string of the molecule is C=C(C)C(=O)OCCC(=O)On1ccnn1. The van der Waals surface area contributed by atoms with E-state index < -0.39 is 11.9 Å². The van der Waals surface area contributed by atoms with Crippen molar-refractivity contribution >= 4 is 11.9 Å². The van der Waals surface area contributed by atoms with Crippen LogP contribution in [-0.2, 0) is 14.3 Å². The van der Waals surface area contributed by atoms with Gasteiger partial charge >= 0.3 is 11.9 Å². The fraction of sp³-hybridized carbons (Fsp3) is 0.333. The van der Waals surface area contributed by atoms with E-state index in [0.29, 0.717) is 0 Å². The summed E-state index contributed by atoms with van der Waals surface area (Å²) in [4.78, 5) is 27.7. The maximum absolute atomic E-state index is 11.1. The molecule has 0 spiro atoms. The van der Waals surface area contributed by atoms with Crippen LogP contribution in [0.4, 0.5) is 0 Å². The molecule has 0 aliphatic carbocycles. The Morgan fingerprint density at radius 3 is 2.81 bits per heavy atom. The van der Waals surface area contributed by atoms with Crippen molar-refractivity contribution in [2.75, 3.05) is 6.61 Å². The van der Waals surface area contributed by atoms with Crippen LogP contribution in [0.15, 0.2) is 24.5 Å². The Hall–Kier alpha value is -2.18. The lowest BCUT2D eigenvalue weighted by Crippen LogP contribution is -2.22. The monoisotopic (exact) mass is 225 g/mol. The first-order valence-corrected chi connectivity index (χ1v) is 4.49. The molecule has 86 valence electrons. The van der Waals surface area contributed by atoms with Gasteiger partial charge in [-0.1, -0.05) is 11.4 Å². The van der Waals surface area contributed by atoms with Gasteiger partial charge in [0, 0.05) is 5.57 Å². The van der Waals surface area contributed by atoms with Crippen molar-refractivity contribution in [2.45, 2.75) is 13.3 Å². The van der Waals surface area contributed by atoms with Crippen LogP contribution in [0.5, 0.6) is 0 Å². The molecule has 7 heteroatoms. The maximum atomic E-state index is 11.1. The van der Waals surface area contributed by atoms with Gasteiger partial charge in [0.1, 0.15) is 6.61 Å². The van der Waals surface area contributed by atoms with Crippen molar-refractivity contribution < 1.29 is 19.2 Å². The first-order chi connectivity index (χ1) is 7.59. The fourth-order valence-electron chi connectivity index (χ4n) is 0.746. The lowest BCUT2D eigenvalue weighted by atomic mass is 10.4.